The summed E-state index contributed by atoms with van der Waals surface area (Å²) in [6, 6.07) is 9.86. The topological polar surface area (TPSA) is 46.6 Å². The molecule has 90 valence electrons. The summed E-state index contributed by atoms with van der Waals surface area (Å²) in [7, 11) is 0. The van der Waals surface area contributed by atoms with E-state index in [2.05, 4.69) is 0 Å². The summed E-state index contributed by atoms with van der Waals surface area (Å²) in [5.41, 5.74) is 1.14. The largest absolute Gasteiger partial charge is 0.440 e. The zero-order chi connectivity index (χ0) is 12.3. The third-order valence-corrected chi connectivity index (χ3v) is 3.55. The van der Waals surface area contributed by atoms with E-state index in [-0.39, 0.29) is 11.9 Å². The van der Waals surface area contributed by atoms with Gasteiger partial charge in [0.05, 0.1) is 6.42 Å². The fourth-order valence-corrected chi connectivity index (χ4v) is 2.51. The molecule has 1 unspecified atom stereocenters. The van der Waals surface area contributed by atoms with Crippen molar-refractivity contribution in [2.24, 2.45) is 0 Å². The van der Waals surface area contributed by atoms with E-state index in [1.807, 2.05) is 30.3 Å². The molecular formula is C12H13NO3S. The van der Waals surface area contributed by atoms with Crippen molar-refractivity contribution < 1.29 is 14.3 Å². The maximum atomic E-state index is 11.4. The molecule has 1 fully saturated rings. The molecule has 1 atom stereocenters. The second kappa shape index (κ2) is 5.23. The number of hydrogen-bond acceptors (Lipinski definition) is 4. The van der Waals surface area contributed by atoms with Gasteiger partial charge in [0.1, 0.15) is 0 Å². The molecule has 1 aliphatic heterocycles. The van der Waals surface area contributed by atoms with E-state index in [4.69, 9.17) is 4.74 Å². The van der Waals surface area contributed by atoms with E-state index in [9.17, 15) is 9.59 Å². The standard InChI is InChI=1S/C12H13NO3S/c1-9(14)16-12-7-11(15)13(12)17-8-10-5-3-2-4-6-10/h2-6,12H,7-8H2,1H3. The normalized spacial score (nSPS) is 18.8. The van der Waals surface area contributed by atoms with Gasteiger partial charge in [0.15, 0.2) is 6.23 Å². The number of amides is 1. The summed E-state index contributed by atoms with van der Waals surface area (Å²) in [5.74, 6) is 0.356. The molecule has 0 N–H and O–H groups in total. The molecule has 0 spiro atoms. The van der Waals surface area contributed by atoms with Gasteiger partial charge in [-0.15, -0.1) is 0 Å². The minimum absolute atomic E-state index is 0.0113. The molecule has 1 saturated heterocycles. The van der Waals surface area contributed by atoms with Crippen LogP contribution in [0.3, 0.4) is 0 Å². The van der Waals surface area contributed by atoms with Crippen LogP contribution in [0.4, 0.5) is 0 Å². The maximum Gasteiger partial charge on any atom is 0.304 e. The van der Waals surface area contributed by atoms with E-state index in [0.717, 1.165) is 5.56 Å². The number of carbonyl (C=O) groups excluding carboxylic acids is 2. The predicted octanol–water partition coefficient (Wildman–Crippen LogP) is 1.96. The lowest BCUT2D eigenvalue weighted by molar-refractivity contribution is -0.169. The van der Waals surface area contributed by atoms with Crippen molar-refractivity contribution in [1.29, 1.82) is 0 Å². The molecule has 1 aromatic carbocycles. The van der Waals surface area contributed by atoms with Crippen LogP contribution in [-0.2, 0) is 20.1 Å². The number of benzene rings is 1. The third kappa shape index (κ3) is 3.00. The lowest BCUT2D eigenvalue weighted by Crippen LogP contribution is -2.50. The molecule has 2 rings (SSSR count). The van der Waals surface area contributed by atoms with Gasteiger partial charge in [-0.05, 0) is 17.5 Å². The summed E-state index contributed by atoms with van der Waals surface area (Å²) in [4.78, 5) is 22.2. The number of ether oxygens (including phenoxy) is 1. The van der Waals surface area contributed by atoms with Gasteiger partial charge in [-0.25, -0.2) is 4.31 Å². The number of rotatable bonds is 4. The molecule has 1 aromatic rings. The van der Waals surface area contributed by atoms with Crippen LogP contribution in [0.5, 0.6) is 0 Å². The second-order valence-electron chi connectivity index (χ2n) is 3.75. The van der Waals surface area contributed by atoms with E-state index in [1.54, 1.807) is 0 Å². The number of esters is 1. The first-order valence-corrected chi connectivity index (χ1v) is 6.27. The van der Waals surface area contributed by atoms with Crippen molar-refractivity contribution in [3.63, 3.8) is 0 Å². The Morgan fingerprint density at radius 3 is 2.76 bits per heavy atom. The van der Waals surface area contributed by atoms with Gasteiger partial charge in [-0.1, -0.05) is 30.3 Å². The van der Waals surface area contributed by atoms with Crippen LogP contribution in [0.25, 0.3) is 0 Å². The van der Waals surface area contributed by atoms with Crippen LogP contribution in [0.2, 0.25) is 0 Å². The highest BCUT2D eigenvalue weighted by atomic mass is 32.2. The lowest BCUT2D eigenvalue weighted by Gasteiger charge is -2.37. The minimum atomic E-state index is -0.395. The van der Waals surface area contributed by atoms with E-state index >= 15 is 0 Å². The molecule has 0 aromatic heterocycles. The Hall–Kier alpha value is -1.49. The quantitative estimate of drug-likeness (QED) is 0.466. The Bertz CT molecular complexity index is 421. The number of hydrogen-bond donors (Lipinski definition) is 0. The monoisotopic (exact) mass is 251 g/mol. The Balaban J connectivity index is 1.86. The van der Waals surface area contributed by atoms with Crippen LogP contribution in [0, 0.1) is 0 Å². The molecule has 4 nitrogen and oxygen atoms in total. The van der Waals surface area contributed by atoms with Gasteiger partial charge in [-0.2, -0.15) is 0 Å². The van der Waals surface area contributed by atoms with Gasteiger partial charge >= 0.3 is 5.97 Å². The number of carbonyl (C=O) groups is 2. The van der Waals surface area contributed by atoms with Crippen molar-refractivity contribution in [2.45, 2.75) is 25.3 Å². The van der Waals surface area contributed by atoms with Crippen molar-refractivity contribution in [3.05, 3.63) is 35.9 Å². The predicted molar refractivity (Wildman–Crippen MR) is 64.8 cm³/mol. The lowest BCUT2D eigenvalue weighted by atomic mass is 10.2. The summed E-state index contributed by atoms with van der Waals surface area (Å²) < 4.78 is 6.53. The van der Waals surface area contributed by atoms with E-state index < -0.39 is 6.23 Å². The van der Waals surface area contributed by atoms with Gasteiger partial charge in [-0.3, -0.25) is 9.59 Å². The second-order valence-corrected chi connectivity index (χ2v) is 4.69. The Morgan fingerprint density at radius 2 is 2.18 bits per heavy atom. The first kappa shape index (κ1) is 12.0. The average Bonchev–Trinajstić information content (AvgIpc) is 2.29. The molecule has 0 aliphatic carbocycles. The zero-order valence-corrected chi connectivity index (χ0v) is 10.3. The highest BCUT2D eigenvalue weighted by Gasteiger charge is 2.39. The summed E-state index contributed by atoms with van der Waals surface area (Å²) in [6.45, 7) is 1.35. The van der Waals surface area contributed by atoms with Gasteiger partial charge in [0, 0.05) is 12.7 Å². The summed E-state index contributed by atoms with van der Waals surface area (Å²) >= 11 is 1.38. The van der Waals surface area contributed by atoms with Gasteiger partial charge in [0.25, 0.3) is 0 Å². The molecule has 1 amide bonds. The first-order chi connectivity index (χ1) is 8.16. The fraction of sp³-hybridized carbons (Fsp3) is 0.333. The van der Waals surface area contributed by atoms with E-state index in [0.29, 0.717) is 12.2 Å². The van der Waals surface area contributed by atoms with Crippen molar-refractivity contribution >= 4 is 23.8 Å². The Kier molecular flexibility index (Phi) is 3.68. The van der Waals surface area contributed by atoms with Crippen molar-refractivity contribution in [3.8, 4) is 0 Å². The molecule has 5 heteroatoms. The molecular weight excluding hydrogens is 238 g/mol. The molecule has 1 aliphatic rings. The SMILES string of the molecule is CC(=O)OC1CC(=O)N1SCc1ccccc1. The minimum Gasteiger partial charge on any atom is -0.440 e. The molecule has 0 saturated carbocycles. The smallest absolute Gasteiger partial charge is 0.304 e. The molecule has 0 radical (unpaired) electrons. The average molecular weight is 251 g/mol. The van der Waals surface area contributed by atoms with Crippen molar-refractivity contribution in [2.75, 3.05) is 0 Å². The fourth-order valence-electron chi connectivity index (χ4n) is 1.52. The Labute approximate surface area is 104 Å². The molecule has 0 bridgehead atoms. The first-order valence-electron chi connectivity index (χ1n) is 5.33. The van der Waals surface area contributed by atoms with Crippen LogP contribution in [0.15, 0.2) is 30.3 Å². The highest BCUT2D eigenvalue weighted by molar-refractivity contribution is 7.96. The summed E-state index contributed by atoms with van der Waals surface area (Å²) in [6.07, 6.45) is -0.102. The zero-order valence-electron chi connectivity index (χ0n) is 9.46. The Morgan fingerprint density at radius 1 is 1.47 bits per heavy atom. The van der Waals surface area contributed by atoms with Crippen LogP contribution in [-0.4, -0.2) is 22.4 Å². The third-order valence-electron chi connectivity index (χ3n) is 2.37. The van der Waals surface area contributed by atoms with Gasteiger partial charge in [0.2, 0.25) is 5.91 Å². The van der Waals surface area contributed by atoms with E-state index in [1.165, 1.54) is 23.2 Å². The number of nitrogens with zero attached hydrogens (tertiary/aromatic N) is 1. The van der Waals surface area contributed by atoms with Gasteiger partial charge < -0.3 is 4.74 Å². The highest BCUT2D eigenvalue weighted by Crippen LogP contribution is 2.30. The van der Waals surface area contributed by atoms with Crippen molar-refractivity contribution in [1.82, 2.24) is 4.31 Å². The van der Waals surface area contributed by atoms with Crippen LogP contribution >= 0.6 is 11.9 Å². The molecule has 17 heavy (non-hydrogen) atoms. The number of β-lactam (4-membered cyclic amide) rings is 1. The maximum absolute atomic E-state index is 11.4. The van der Waals surface area contributed by atoms with Crippen LogP contribution in [0.1, 0.15) is 18.9 Å². The molecule has 1 heterocycles. The van der Waals surface area contributed by atoms with Crippen LogP contribution < -0.4 is 0 Å². The summed E-state index contributed by atoms with van der Waals surface area (Å²) in [5, 5.41) is 0.